The number of carbonyl (C=O) groups is 1. The van der Waals surface area contributed by atoms with E-state index in [9.17, 15) is 9.18 Å². The van der Waals surface area contributed by atoms with E-state index in [1.165, 1.54) is 12.1 Å². The smallest absolute Gasteiger partial charge is 0.227 e. The molecule has 1 aliphatic rings. The number of benzene rings is 2. The Labute approximate surface area is 257 Å². The summed E-state index contributed by atoms with van der Waals surface area (Å²) in [7, 11) is 3.95. The van der Waals surface area contributed by atoms with Crippen LogP contribution < -0.4 is 10.6 Å². The van der Waals surface area contributed by atoms with Crippen molar-refractivity contribution in [2.75, 3.05) is 37.8 Å². The highest BCUT2D eigenvalue weighted by molar-refractivity contribution is 5.98. The summed E-state index contributed by atoms with van der Waals surface area (Å²) in [6.45, 7) is 1.45. The Morgan fingerprint density at radius 2 is 1.87 bits per heavy atom. The minimum Gasteiger partial charge on any atom is -0.384 e. The quantitative estimate of drug-likeness (QED) is 0.154. The maximum absolute atomic E-state index is 16.3. The maximum Gasteiger partial charge on any atom is 0.227 e. The summed E-state index contributed by atoms with van der Waals surface area (Å²) in [6, 6.07) is 11.7. The van der Waals surface area contributed by atoms with E-state index in [-0.39, 0.29) is 28.7 Å². The number of halogens is 2. The summed E-state index contributed by atoms with van der Waals surface area (Å²) in [5.74, 6) is -0.599. The second kappa shape index (κ2) is 11.7. The summed E-state index contributed by atoms with van der Waals surface area (Å²) in [5, 5.41) is 13.7. The molecule has 12 heteroatoms. The molecule has 0 spiro atoms. The average molecular weight is 608 g/mol. The molecule has 228 valence electrons. The van der Waals surface area contributed by atoms with Gasteiger partial charge in [-0.15, -0.1) is 0 Å². The fraction of sp³-hybridized carbons (Fsp3) is 0.242. The number of pyridine rings is 2. The number of amides is 1. The molecule has 6 aromatic rings. The number of aromatic amines is 2. The third-order valence-corrected chi connectivity index (χ3v) is 8.17. The number of hydrogen-bond donors (Lipinski definition) is 4. The van der Waals surface area contributed by atoms with E-state index >= 15 is 4.39 Å². The van der Waals surface area contributed by atoms with Gasteiger partial charge in [0, 0.05) is 53.8 Å². The Balaban J connectivity index is 1.24. The van der Waals surface area contributed by atoms with E-state index in [2.05, 4.69) is 35.8 Å². The van der Waals surface area contributed by atoms with Gasteiger partial charge in [0.15, 0.2) is 11.5 Å². The molecule has 1 aliphatic carbocycles. The molecule has 1 fully saturated rings. The van der Waals surface area contributed by atoms with E-state index in [1.807, 2.05) is 25.1 Å². The Bertz CT molecular complexity index is 2050. The summed E-state index contributed by atoms with van der Waals surface area (Å²) in [6.07, 6.45) is 7.55. The van der Waals surface area contributed by atoms with E-state index in [0.717, 1.165) is 25.8 Å². The van der Waals surface area contributed by atoms with Gasteiger partial charge in [0.05, 0.1) is 22.8 Å². The van der Waals surface area contributed by atoms with Crippen molar-refractivity contribution in [2.24, 2.45) is 5.92 Å². The summed E-state index contributed by atoms with van der Waals surface area (Å²) >= 11 is 0. The van der Waals surface area contributed by atoms with Gasteiger partial charge in [0.25, 0.3) is 0 Å². The lowest BCUT2D eigenvalue weighted by Crippen LogP contribution is -2.28. The minimum atomic E-state index is -0.507. The maximum atomic E-state index is 16.3. The number of hydrogen-bond acceptors (Lipinski definition) is 7. The molecule has 45 heavy (non-hydrogen) atoms. The number of aromatic nitrogens is 6. The second-order valence-corrected chi connectivity index (χ2v) is 11.6. The summed E-state index contributed by atoms with van der Waals surface area (Å²) in [5.41, 5.74) is 5.02. The van der Waals surface area contributed by atoms with Crippen LogP contribution in [0.5, 0.6) is 0 Å². The van der Waals surface area contributed by atoms with Gasteiger partial charge in [0.1, 0.15) is 22.8 Å². The first-order valence-corrected chi connectivity index (χ1v) is 14.8. The molecule has 7 rings (SSSR count). The van der Waals surface area contributed by atoms with Crippen LogP contribution in [-0.2, 0) is 4.79 Å². The van der Waals surface area contributed by atoms with E-state index < -0.39 is 5.82 Å². The number of anilines is 2. The van der Waals surface area contributed by atoms with E-state index in [1.54, 1.807) is 42.9 Å². The molecule has 1 amide bonds. The molecule has 0 bridgehead atoms. The van der Waals surface area contributed by atoms with Crippen molar-refractivity contribution in [3.8, 4) is 33.8 Å². The third-order valence-electron chi connectivity index (χ3n) is 8.17. The molecule has 1 saturated carbocycles. The SMILES string of the molecule is CN(C)CCNc1cc(F)cc(-c2ccnc3[nH]c(-c4n[nH]c5ccc(-c6cncc(NC(=O)C7CCC7)c6)c(F)c45)nc23)c1. The fourth-order valence-electron chi connectivity index (χ4n) is 5.56. The first kappa shape index (κ1) is 28.5. The average Bonchev–Trinajstić information content (AvgIpc) is 3.61. The first-order valence-electron chi connectivity index (χ1n) is 14.8. The number of carbonyl (C=O) groups excluding carboxylic acids is 1. The number of imidazole rings is 1. The minimum absolute atomic E-state index is 0.0155. The standard InChI is InChI=1S/C33H31F2N9O/c1-44(2)11-10-37-22-13-19(12-21(34)15-22)25-8-9-38-31-29(25)40-32(41-31)30-27-26(42-43-30)7-6-24(28(27)35)20-14-23(17-36-16-20)39-33(45)18-4-3-5-18/h6-9,12-18,37H,3-5,10-11H2,1-2H3,(H,39,45)(H,42,43)(H,38,40,41). The summed E-state index contributed by atoms with van der Waals surface area (Å²) in [4.78, 5) is 31.1. The Morgan fingerprint density at radius 1 is 1.02 bits per heavy atom. The molecule has 0 aliphatic heterocycles. The van der Waals surface area contributed by atoms with Gasteiger partial charge in [-0.25, -0.2) is 18.7 Å². The third kappa shape index (κ3) is 5.60. The van der Waals surface area contributed by atoms with Crippen LogP contribution in [0.15, 0.2) is 61.1 Å². The second-order valence-electron chi connectivity index (χ2n) is 11.6. The highest BCUT2D eigenvalue weighted by atomic mass is 19.1. The Morgan fingerprint density at radius 3 is 2.67 bits per heavy atom. The topological polar surface area (TPSA) is 128 Å². The molecular formula is C33H31F2N9O. The molecule has 2 aromatic carbocycles. The molecule has 0 radical (unpaired) electrons. The Hall–Kier alpha value is -5.23. The van der Waals surface area contributed by atoms with Gasteiger partial charge in [-0.05, 0) is 75.0 Å². The molecule has 0 saturated heterocycles. The normalized spacial score (nSPS) is 13.4. The number of fused-ring (bicyclic) bond motifs is 2. The van der Waals surface area contributed by atoms with Gasteiger partial charge >= 0.3 is 0 Å². The van der Waals surface area contributed by atoms with Crippen LogP contribution in [0.25, 0.3) is 55.8 Å². The molecular weight excluding hydrogens is 576 g/mol. The lowest BCUT2D eigenvalue weighted by Gasteiger charge is -2.24. The predicted octanol–water partition coefficient (Wildman–Crippen LogP) is 6.22. The number of nitrogens with zero attached hydrogens (tertiary/aromatic N) is 5. The molecule has 0 atom stereocenters. The van der Waals surface area contributed by atoms with Crippen molar-refractivity contribution in [1.82, 2.24) is 35.0 Å². The van der Waals surface area contributed by atoms with Crippen LogP contribution >= 0.6 is 0 Å². The first-order chi connectivity index (χ1) is 21.8. The van der Waals surface area contributed by atoms with Crippen LogP contribution in [0.2, 0.25) is 0 Å². The highest BCUT2D eigenvalue weighted by Crippen LogP contribution is 2.36. The lowest BCUT2D eigenvalue weighted by atomic mass is 9.85. The van der Waals surface area contributed by atoms with Crippen molar-refractivity contribution >= 4 is 39.3 Å². The zero-order valence-electron chi connectivity index (χ0n) is 24.8. The van der Waals surface area contributed by atoms with Crippen molar-refractivity contribution in [3.05, 3.63) is 72.7 Å². The fourth-order valence-corrected chi connectivity index (χ4v) is 5.56. The molecule has 4 N–H and O–H groups in total. The largest absolute Gasteiger partial charge is 0.384 e. The number of nitrogens with one attached hydrogen (secondary N) is 4. The van der Waals surface area contributed by atoms with Gasteiger partial charge in [-0.1, -0.05) is 6.42 Å². The van der Waals surface area contributed by atoms with Crippen molar-refractivity contribution in [3.63, 3.8) is 0 Å². The number of rotatable bonds is 9. The van der Waals surface area contributed by atoms with Crippen molar-refractivity contribution in [2.45, 2.75) is 19.3 Å². The van der Waals surface area contributed by atoms with E-state index in [4.69, 9.17) is 4.98 Å². The van der Waals surface area contributed by atoms with Crippen molar-refractivity contribution in [1.29, 1.82) is 0 Å². The molecule has 4 heterocycles. The van der Waals surface area contributed by atoms with Crippen LogP contribution in [0.4, 0.5) is 20.2 Å². The van der Waals surface area contributed by atoms with Crippen LogP contribution in [0.1, 0.15) is 19.3 Å². The summed E-state index contributed by atoms with van der Waals surface area (Å²) < 4.78 is 31.0. The molecule has 0 unspecified atom stereocenters. The van der Waals surface area contributed by atoms with Crippen molar-refractivity contribution < 1.29 is 13.6 Å². The van der Waals surface area contributed by atoms with Gasteiger partial charge < -0.3 is 20.5 Å². The predicted molar refractivity (Wildman–Crippen MR) is 171 cm³/mol. The van der Waals surface area contributed by atoms with Gasteiger partial charge in [-0.2, -0.15) is 5.10 Å². The monoisotopic (exact) mass is 607 g/mol. The van der Waals surface area contributed by atoms with Crippen LogP contribution in [0, 0.1) is 17.6 Å². The van der Waals surface area contributed by atoms with Crippen LogP contribution in [0.3, 0.4) is 0 Å². The zero-order chi connectivity index (χ0) is 31.1. The zero-order valence-corrected chi connectivity index (χ0v) is 24.8. The molecule has 4 aromatic heterocycles. The molecule has 10 nitrogen and oxygen atoms in total. The Kier molecular flexibility index (Phi) is 7.42. The number of likely N-dealkylation sites (N-methyl/N-ethyl adjacent to an activating group) is 1. The number of H-pyrrole nitrogens is 2. The van der Waals surface area contributed by atoms with Crippen LogP contribution in [-0.4, -0.2) is 68.1 Å². The van der Waals surface area contributed by atoms with Gasteiger partial charge in [0.2, 0.25) is 5.91 Å². The van der Waals surface area contributed by atoms with Gasteiger partial charge in [-0.3, -0.25) is 14.9 Å². The van der Waals surface area contributed by atoms with E-state index in [0.29, 0.717) is 62.7 Å². The highest BCUT2D eigenvalue weighted by Gasteiger charge is 2.26. The lowest BCUT2D eigenvalue weighted by molar-refractivity contribution is -0.122.